The Morgan fingerprint density at radius 1 is 1.00 bits per heavy atom. The molecular formula is C19H15N3O6. The molecule has 0 saturated heterocycles. The highest BCUT2D eigenvalue weighted by atomic mass is 16.6. The van der Waals surface area contributed by atoms with Crippen LogP contribution >= 0.6 is 0 Å². The van der Waals surface area contributed by atoms with Crippen molar-refractivity contribution in [2.45, 2.75) is 13.8 Å². The van der Waals surface area contributed by atoms with Gasteiger partial charge in [0.1, 0.15) is 5.92 Å². The first kappa shape index (κ1) is 18.9. The van der Waals surface area contributed by atoms with Crippen LogP contribution in [-0.2, 0) is 19.2 Å². The van der Waals surface area contributed by atoms with Gasteiger partial charge in [0.25, 0.3) is 11.6 Å². The molecule has 2 aliphatic rings. The first-order valence-electron chi connectivity index (χ1n) is 8.25. The molecule has 2 heterocycles. The van der Waals surface area contributed by atoms with Gasteiger partial charge in [-0.2, -0.15) is 0 Å². The van der Waals surface area contributed by atoms with Crippen molar-refractivity contribution in [2.75, 3.05) is 0 Å². The average Bonchev–Trinajstić information content (AvgIpc) is 2.58. The Kier molecular flexibility index (Phi) is 4.74. The minimum atomic E-state index is -1.57. The van der Waals surface area contributed by atoms with Crippen molar-refractivity contribution in [2.24, 2.45) is 5.92 Å². The fraction of sp³-hybridized carbons (Fsp3) is 0.158. The predicted octanol–water partition coefficient (Wildman–Crippen LogP) is 1.17. The van der Waals surface area contributed by atoms with E-state index in [2.05, 4.69) is 10.6 Å². The van der Waals surface area contributed by atoms with Crippen LogP contribution < -0.4 is 10.6 Å². The van der Waals surface area contributed by atoms with Crippen LogP contribution in [0, 0.1) is 16.0 Å². The average molecular weight is 381 g/mol. The fourth-order valence-electron chi connectivity index (χ4n) is 3.21. The zero-order valence-corrected chi connectivity index (χ0v) is 14.9. The number of ketones is 2. The SMILES string of the molecule is CC1=CC(=O)/C(=C(/c2ccccc2[N+](=O)[O-])C2C(=O)C=C(C)NC2=O)C(=O)N1. The molecule has 2 amide bonds. The number of nitro benzene ring substituents is 1. The Bertz CT molecular complexity index is 1050. The molecule has 28 heavy (non-hydrogen) atoms. The number of para-hydroxylation sites is 1. The third kappa shape index (κ3) is 3.25. The van der Waals surface area contributed by atoms with Crippen LogP contribution in [0.2, 0.25) is 0 Å². The molecular weight excluding hydrogens is 366 g/mol. The van der Waals surface area contributed by atoms with E-state index in [0.29, 0.717) is 5.70 Å². The molecule has 1 unspecified atom stereocenters. The van der Waals surface area contributed by atoms with Gasteiger partial charge in [0.15, 0.2) is 11.6 Å². The van der Waals surface area contributed by atoms with Crippen LogP contribution in [0.15, 0.2) is 53.4 Å². The van der Waals surface area contributed by atoms with Gasteiger partial charge in [-0.05, 0) is 19.9 Å². The second kappa shape index (κ2) is 7.03. The molecule has 1 atom stereocenters. The molecule has 9 heteroatoms. The van der Waals surface area contributed by atoms with Crippen LogP contribution in [0.3, 0.4) is 0 Å². The number of benzene rings is 1. The molecule has 0 bridgehead atoms. The van der Waals surface area contributed by atoms with Crippen molar-refractivity contribution in [3.8, 4) is 0 Å². The minimum Gasteiger partial charge on any atom is -0.329 e. The summed E-state index contributed by atoms with van der Waals surface area (Å²) in [5, 5.41) is 16.4. The van der Waals surface area contributed by atoms with Gasteiger partial charge >= 0.3 is 0 Å². The van der Waals surface area contributed by atoms with Gasteiger partial charge in [-0.15, -0.1) is 0 Å². The first-order chi connectivity index (χ1) is 13.2. The number of nitrogens with one attached hydrogen (secondary N) is 2. The molecule has 3 rings (SSSR count). The highest BCUT2D eigenvalue weighted by molar-refractivity contribution is 6.33. The summed E-state index contributed by atoms with van der Waals surface area (Å²) in [7, 11) is 0. The molecule has 0 aliphatic carbocycles. The summed E-state index contributed by atoms with van der Waals surface area (Å²) in [5.74, 6) is -4.57. The highest BCUT2D eigenvalue weighted by Gasteiger charge is 2.41. The van der Waals surface area contributed by atoms with Gasteiger partial charge in [0, 0.05) is 35.2 Å². The molecule has 0 saturated carbocycles. The van der Waals surface area contributed by atoms with E-state index in [9.17, 15) is 29.3 Å². The third-order valence-electron chi connectivity index (χ3n) is 4.31. The van der Waals surface area contributed by atoms with Crippen molar-refractivity contribution in [3.05, 3.63) is 69.1 Å². The number of carbonyl (C=O) groups excluding carboxylic acids is 4. The van der Waals surface area contributed by atoms with Crippen LogP contribution in [0.1, 0.15) is 19.4 Å². The van der Waals surface area contributed by atoms with Gasteiger partial charge in [-0.3, -0.25) is 29.3 Å². The van der Waals surface area contributed by atoms with E-state index in [-0.39, 0.29) is 16.8 Å². The number of nitrogens with zero attached hydrogens (tertiary/aromatic N) is 1. The number of allylic oxidation sites excluding steroid dienone is 4. The molecule has 1 aromatic carbocycles. The summed E-state index contributed by atoms with van der Waals surface area (Å²) in [6.45, 7) is 3.01. The molecule has 0 radical (unpaired) electrons. The number of amides is 2. The Balaban J connectivity index is 2.38. The van der Waals surface area contributed by atoms with E-state index in [1.807, 2.05) is 0 Å². The number of hydrogen-bond acceptors (Lipinski definition) is 6. The van der Waals surface area contributed by atoms with E-state index in [1.54, 1.807) is 0 Å². The molecule has 9 nitrogen and oxygen atoms in total. The quantitative estimate of drug-likeness (QED) is 0.265. The topological polar surface area (TPSA) is 135 Å². The third-order valence-corrected chi connectivity index (χ3v) is 4.31. The van der Waals surface area contributed by atoms with Crippen molar-refractivity contribution in [3.63, 3.8) is 0 Å². The van der Waals surface area contributed by atoms with Gasteiger partial charge in [0.2, 0.25) is 5.91 Å². The van der Waals surface area contributed by atoms with Crippen LogP contribution in [0.5, 0.6) is 0 Å². The lowest BCUT2D eigenvalue weighted by atomic mass is 9.80. The predicted molar refractivity (Wildman–Crippen MR) is 97.3 cm³/mol. The Morgan fingerprint density at radius 2 is 1.64 bits per heavy atom. The van der Waals surface area contributed by atoms with E-state index < -0.39 is 45.5 Å². The monoisotopic (exact) mass is 381 g/mol. The largest absolute Gasteiger partial charge is 0.329 e. The zero-order valence-electron chi connectivity index (χ0n) is 14.9. The lowest BCUT2D eigenvalue weighted by Crippen LogP contribution is -2.41. The van der Waals surface area contributed by atoms with Crippen LogP contribution in [0.4, 0.5) is 5.69 Å². The highest BCUT2D eigenvalue weighted by Crippen LogP contribution is 2.37. The summed E-state index contributed by atoms with van der Waals surface area (Å²) < 4.78 is 0. The summed E-state index contributed by atoms with van der Waals surface area (Å²) in [4.78, 5) is 61.2. The van der Waals surface area contributed by atoms with E-state index in [1.165, 1.54) is 38.1 Å². The second-order valence-corrected chi connectivity index (χ2v) is 6.36. The van der Waals surface area contributed by atoms with E-state index in [0.717, 1.165) is 12.2 Å². The maximum Gasteiger partial charge on any atom is 0.276 e. The van der Waals surface area contributed by atoms with Crippen molar-refractivity contribution >= 4 is 34.6 Å². The molecule has 1 aromatic rings. The number of rotatable bonds is 3. The van der Waals surface area contributed by atoms with Crippen molar-refractivity contribution < 1.29 is 24.1 Å². The number of hydrogen-bond donors (Lipinski definition) is 2. The fourth-order valence-corrected chi connectivity index (χ4v) is 3.21. The van der Waals surface area contributed by atoms with Gasteiger partial charge in [-0.25, -0.2) is 0 Å². The lowest BCUT2D eigenvalue weighted by Gasteiger charge is -2.25. The summed E-state index contributed by atoms with van der Waals surface area (Å²) >= 11 is 0. The standard InChI is InChI=1S/C19H15N3O6/c1-9-7-13(23)16(18(25)20-9)15(11-5-3-4-6-12(11)22(27)28)17-14(24)8-10(2)21-19(17)26/h3-8,16H,1-2H3,(H,20,25)(H,21,26)/b17-15+. The summed E-state index contributed by atoms with van der Waals surface area (Å²) in [6.07, 6.45) is 2.30. The van der Waals surface area contributed by atoms with Crippen molar-refractivity contribution in [1.29, 1.82) is 0 Å². The first-order valence-corrected chi connectivity index (χ1v) is 8.25. The maximum absolute atomic E-state index is 12.6. The van der Waals surface area contributed by atoms with Crippen LogP contribution in [-0.4, -0.2) is 28.3 Å². The van der Waals surface area contributed by atoms with Crippen LogP contribution in [0.25, 0.3) is 5.57 Å². The minimum absolute atomic E-state index is 0.139. The smallest absolute Gasteiger partial charge is 0.276 e. The molecule has 0 aromatic heterocycles. The molecule has 2 N–H and O–H groups in total. The Labute approximate surface area is 158 Å². The Morgan fingerprint density at radius 3 is 2.25 bits per heavy atom. The van der Waals surface area contributed by atoms with Gasteiger partial charge < -0.3 is 10.6 Å². The number of nitro groups is 1. The van der Waals surface area contributed by atoms with Gasteiger partial charge in [-0.1, -0.05) is 12.1 Å². The maximum atomic E-state index is 12.6. The molecule has 142 valence electrons. The van der Waals surface area contributed by atoms with E-state index in [4.69, 9.17) is 0 Å². The zero-order chi connectivity index (χ0) is 20.6. The van der Waals surface area contributed by atoms with E-state index >= 15 is 0 Å². The Hall–Kier alpha value is -3.88. The second-order valence-electron chi connectivity index (χ2n) is 6.36. The lowest BCUT2D eigenvalue weighted by molar-refractivity contribution is -0.385. The number of carbonyl (C=O) groups is 4. The van der Waals surface area contributed by atoms with Crippen molar-refractivity contribution in [1.82, 2.24) is 10.6 Å². The molecule has 0 spiro atoms. The summed E-state index contributed by atoms with van der Waals surface area (Å²) in [6, 6.07) is 5.34. The normalized spacial score (nSPS) is 21.4. The molecule has 0 fully saturated rings. The molecule has 2 aliphatic heterocycles. The van der Waals surface area contributed by atoms with Gasteiger partial charge in [0.05, 0.1) is 16.1 Å². The summed E-state index contributed by atoms with van der Waals surface area (Å²) in [5.41, 5.74) is -0.737.